The number of anilines is 2. The van der Waals surface area contributed by atoms with Crippen molar-refractivity contribution in [3.63, 3.8) is 0 Å². The molecule has 38 heavy (non-hydrogen) atoms. The summed E-state index contributed by atoms with van der Waals surface area (Å²) in [6.45, 7) is 0.637. The molecular formula is C30H21ClN2O5. The van der Waals surface area contributed by atoms with Crippen LogP contribution in [0.3, 0.4) is 0 Å². The van der Waals surface area contributed by atoms with Crippen molar-refractivity contribution in [2.75, 3.05) is 23.6 Å². The van der Waals surface area contributed by atoms with E-state index < -0.39 is 5.41 Å². The molecule has 0 fully saturated rings. The van der Waals surface area contributed by atoms with Gasteiger partial charge in [-0.05, 0) is 53.6 Å². The lowest BCUT2D eigenvalue weighted by Gasteiger charge is -2.23. The monoisotopic (exact) mass is 524 g/mol. The highest BCUT2D eigenvalue weighted by molar-refractivity contribution is 6.31. The number of nitrogens with one attached hydrogen (secondary N) is 1. The Morgan fingerprint density at radius 1 is 0.868 bits per heavy atom. The first kappa shape index (κ1) is 22.7. The summed E-state index contributed by atoms with van der Waals surface area (Å²) in [6, 6.07) is 25.7. The molecule has 188 valence electrons. The first-order valence-electron chi connectivity index (χ1n) is 12.2. The van der Waals surface area contributed by atoms with E-state index in [4.69, 9.17) is 25.8 Å². The maximum atomic E-state index is 14.2. The number of carbonyl (C=O) groups is 2. The Hall–Kier alpha value is -4.49. The Labute approximate surface area is 223 Å². The van der Waals surface area contributed by atoms with Crippen LogP contribution >= 0.6 is 11.6 Å². The van der Waals surface area contributed by atoms with Gasteiger partial charge in [-0.2, -0.15) is 0 Å². The summed E-state index contributed by atoms with van der Waals surface area (Å²) in [7, 11) is 0. The Morgan fingerprint density at radius 2 is 1.68 bits per heavy atom. The summed E-state index contributed by atoms with van der Waals surface area (Å²) in [4.78, 5) is 28.9. The van der Waals surface area contributed by atoms with Gasteiger partial charge in [0.25, 0.3) is 5.91 Å². The fraction of sp³-hybridized carbons (Fsp3) is 0.133. The molecule has 3 heterocycles. The molecule has 4 aromatic rings. The van der Waals surface area contributed by atoms with E-state index in [0.29, 0.717) is 40.1 Å². The number of carbonyl (C=O) groups excluding carboxylic acids is 2. The summed E-state index contributed by atoms with van der Waals surface area (Å²) in [5.74, 6) is 1.51. The molecule has 7 nitrogen and oxygen atoms in total. The van der Waals surface area contributed by atoms with Crippen LogP contribution in [-0.4, -0.2) is 25.2 Å². The van der Waals surface area contributed by atoms with Gasteiger partial charge in [-0.3, -0.25) is 9.59 Å². The Bertz CT molecular complexity index is 1640. The summed E-state index contributed by atoms with van der Waals surface area (Å²) >= 11 is 6.05. The van der Waals surface area contributed by atoms with Crippen LogP contribution in [0.5, 0.6) is 17.2 Å². The number of hydrogen-bond donors (Lipinski definition) is 1. The van der Waals surface area contributed by atoms with E-state index in [-0.39, 0.29) is 25.2 Å². The minimum Gasteiger partial charge on any atom is -0.491 e. The SMILES string of the molecule is O=C(Nc1cccc(Cl)c1)c1cccc(CN2C(=O)C3(COc4cc5c(cc43)OCO5)c3ccccc32)c1. The molecule has 1 unspecified atom stereocenters. The molecule has 0 aliphatic carbocycles. The fourth-order valence-electron chi connectivity index (χ4n) is 5.48. The van der Waals surface area contributed by atoms with Gasteiger partial charge in [0.15, 0.2) is 11.5 Å². The third kappa shape index (κ3) is 3.43. The number of hydrogen-bond acceptors (Lipinski definition) is 5. The van der Waals surface area contributed by atoms with Crippen LogP contribution in [0.25, 0.3) is 0 Å². The molecule has 3 aliphatic heterocycles. The molecule has 1 N–H and O–H groups in total. The summed E-state index contributed by atoms with van der Waals surface area (Å²) in [5, 5.41) is 3.41. The van der Waals surface area contributed by atoms with Crippen LogP contribution < -0.4 is 24.4 Å². The number of nitrogens with zero attached hydrogens (tertiary/aromatic N) is 1. The standard InChI is InChI=1S/C30H21ClN2O5/c31-20-7-4-8-21(12-20)32-28(34)19-6-3-5-18(11-19)15-33-24-10-2-1-9-22(24)30(29(33)35)16-36-25-14-27-26(13-23(25)30)37-17-38-27/h1-14H,15-17H2,(H,32,34). The van der Waals surface area contributed by atoms with Gasteiger partial charge in [0, 0.05) is 33.6 Å². The first-order valence-corrected chi connectivity index (χ1v) is 12.5. The van der Waals surface area contributed by atoms with E-state index in [1.807, 2.05) is 42.5 Å². The highest BCUT2D eigenvalue weighted by Gasteiger charge is 2.57. The molecule has 7 rings (SSSR count). The van der Waals surface area contributed by atoms with Gasteiger partial charge in [0.1, 0.15) is 17.8 Å². The van der Waals surface area contributed by atoms with Crippen LogP contribution in [0.4, 0.5) is 11.4 Å². The molecule has 0 bridgehead atoms. The molecule has 4 aromatic carbocycles. The average Bonchev–Trinajstić information content (AvgIpc) is 3.60. The van der Waals surface area contributed by atoms with E-state index in [1.54, 1.807) is 47.4 Å². The topological polar surface area (TPSA) is 77.1 Å². The van der Waals surface area contributed by atoms with Crippen molar-refractivity contribution < 1.29 is 23.8 Å². The smallest absolute Gasteiger partial charge is 0.255 e. The van der Waals surface area contributed by atoms with Crippen molar-refractivity contribution in [3.05, 3.63) is 112 Å². The maximum absolute atomic E-state index is 14.2. The third-order valence-corrected chi connectivity index (χ3v) is 7.49. The lowest BCUT2D eigenvalue weighted by Crippen LogP contribution is -2.42. The van der Waals surface area contributed by atoms with E-state index >= 15 is 0 Å². The molecule has 0 saturated carbocycles. The normalized spacial score (nSPS) is 18.3. The van der Waals surface area contributed by atoms with Crippen molar-refractivity contribution in [2.45, 2.75) is 12.0 Å². The van der Waals surface area contributed by atoms with Gasteiger partial charge in [0.2, 0.25) is 12.7 Å². The van der Waals surface area contributed by atoms with Crippen LogP contribution in [0, 0.1) is 0 Å². The van der Waals surface area contributed by atoms with Gasteiger partial charge >= 0.3 is 0 Å². The Balaban J connectivity index is 1.22. The number of ether oxygens (including phenoxy) is 3. The molecule has 1 spiro atoms. The molecular weight excluding hydrogens is 504 g/mol. The van der Waals surface area contributed by atoms with Crippen LogP contribution in [0.1, 0.15) is 27.0 Å². The maximum Gasteiger partial charge on any atom is 0.255 e. The van der Waals surface area contributed by atoms with E-state index in [9.17, 15) is 9.59 Å². The zero-order valence-corrected chi connectivity index (χ0v) is 20.8. The second-order valence-electron chi connectivity index (χ2n) is 9.47. The molecule has 0 radical (unpaired) electrons. The van der Waals surface area contributed by atoms with E-state index in [2.05, 4.69) is 5.32 Å². The van der Waals surface area contributed by atoms with Crippen LogP contribution in [0.2, 0.25) is 5.02 Å². The molecule has 2 amide bonds. The number of para-hydroxylation sites is 1. The molecule has 0 saturated heterocycles. The van der Waals surface area contributed by atoms with Crippen LogP contribution in [0.15, 0.2) is 84.9 Å². The first-order chi connectivity index (χ1) is 18.5. The van der Waals surface area contributed by atoms with E-state index in [1.165, 1.54) is 0 Å². The Kier molecular flexibility index (Phi) is 5.09. The van der Waals surface area contributed by atoms with Gasteiger partial charge in [-0.15, -0.1) is 0 Å². The second-order valence-corrected chi connectivity index (χ2v) is 9.91. The predicted molar refractivity (Wildman–Crippen MR) is 142 cm³/mol. The molecule has 3 aliphatic rings. The number of amides is 2. The third-order valence-electron chi connectivity index (χ3n) is 7.26. The van der Waals surface area contributed by atoms with Crippen LogP contribution in [-0.2, 0) is 16.8 Å². The Morgan fingerprint density at radius 3 is 2.55 bits per heavy atom. The lowest BCUT2D eigenvalue weighted by atomic mass is 9.77. The van der Waals surface area contributed by atoms with Crippen molar-refractivity contribution >= 4 is 34.8 Å². The second kappa shape index (κ2) is 8.53. The number of benzene rings is 4. The summed E-state index contributed by atoms with van der Waals surface area (Å²) in [5.41, 5.74) is 3.43. The lowest BCUT2D eigenvalue weighted by molar-refractivity contribution is -0.122. The van der Waals surface area contributed by atoms with Gasteiger partial charge in [-0.25, -0.2) is 0 Å². The predicted octanol–water partition coefficient (Wildman–Crippen LogP) is 5.55. The quantitative estimate of drug-likeness (QED) is 0.379. The van der Waals surface area contributed by atoms with Crippen molar-refractivity contribution in [1.29, 1.82) is 0 Å². The zero-order chi connectivity index (χ0) is 25.9. The molecule has 1 atom stereocenters. The average molecular weight is 525 g/mol. The van der Waals surface area contributed by atoms with Gasteiger partial charge in [-0.1, -0.05) is 48.0 Å². The van der Waals surface area contributed by atoms with Gasteiger partial charge in [0.05, 0.1) is 6.54 Å². The van der Waals surface area contributed by atoms with Crippen molar-refractivity contribution in [2.24, 2.45) is 0 Å². The molecule has 8 heteroatoms. The number of fused-ring (bicyclic) bond motifs is 5. The van der Waals surface area contributed by atoms with Crippen molar-refractivity contribution in [1.82, 2.24) is 0 Å². The fourth-order valence-corrected chi connectivity index (χ4v) is 5.67. The van der Waals surface area contributed by atoms with E-state index in [0.717, 1.165) is 22.4 Å². The van der Waals surface area contributed by atoms with Crippen molar-refractivity contribution in [3.8, 4) is 17.2 Å². The highest BCUT2D eigenvalue weighted by atomic mass is 35.5. The minimum absolute atomic E-state index is 0.0786. The zero-order valence-electron chi connectivity index (χ0n) is 20.1. The number of rotatable bonds is 4. The minimum atomic E-state index is -0.978. The largest absolute Gasteiger partial charge is 0.491 e. The molecule has 0 aromatic heterocycles. The van der Waals surface area contributed by atoms with Gasteiger partial charge < -0.3 is 24.4 Å². The highest BCUT2D eigenvalue weighted by Crippen LogP contribution is 2.55. The number of halogens is 1. The summed E-state index contributed by atoms with van der Waals surface area (Å²) in [6.07, 6.45) is 0. The summed E-state index contributed by atoms with van der Waals surface area (Å²) < 4.78 is 17.2.